The number of carbonyl (C=O) groups excluding carboxylic acids is 1. The summed E-state index contributed by atoms with van der Waals surface area (Å²) in [5.41, 5.74) is 0.325. The lowest BCUT2D eigenvalue weighted by Gasteiger charge is -2.32. The third kappa shape index (κ3) is 6.80. The minimum absolute atomic E-state index is 0.156. The highest BCUT2D eigenvalue weighted by molar-refractivity contribution is 5.93. The molecule has 0 aromatic carbocycles. The van der Waals surface area contributed by atoms with Gasteiger partial charge >= 0.3 is 6.18 Å². The molecule has 2 heterocycles. The van der Waals surface area contributed by atoms with Crippen LogP contribution in [0.4, 0.5) is 13.2 Å². The number of nitrogens with zero attached hydrogens (tertiary/aromatic N) is 4. The molecule has 1 amide bonds. The van der Waals surface area contributed by atoms with Gasteiger partial charge < -0.3 is 19.4 Å². The first-order valence-electron chi connectivity index (χ1n) is 8.56. The third-order valence-electron chi connectivity index (χ3n) is 4.28. The summed E-state index contributed by atoms with van der Waals surface area (Å²) in [5.74, 6) is -0.366. The maximum Gasteiger partial charge on any atom is 0.422 e. The molecule has 9 heteroatoms. The van der Waals surface area contributed by atoms with Gasteiger partial charge in [-0.05, 0) is 26.1 Å². The summed E-state index contributed by atoms with van der Waals surface area (Å²) in [7, 11) is 3.82. The fraction of sp³-hybridized carbons (Fsp3) is 0.647. The molecular weight excluding hydrogens is 349 g/mol. The fourth-order valence-electron chi connectivity index (χ4n) is 2.67. The molecule has 6 nitrogen and oxygen atoms in total. The van der Waals surface area contributed by atoms with Crippen LogP contribution in [0.15, 0.2) is 18.3 Å². The number of aromatic nitrogens is 1. The molecule has 0 bridgehead atoms. The Labute approximate surface area is 151 Å². The van der Waals surface area contributed by atoms with Gasteiger partial charge in [-0.1, -0.05) is 0 Å². The largest absolute Gasteiger partial charge is 0.468 e. The number of likely N-dealkylation sites (N-methyl/N-ethyl adjacent to an activating group) is 1. The van der Waals surface area contributed by atoms with Crippen LogP contribution in [-0.2, 0) is 0 Å². The van der Waals surface area contributed by atoms with Crippen LogP contribution >= 0.6 is 0 Å². The Morgan fingerprint density at radius 1 is 1.27 bits per heavy atom. The SMILES string of the molecule is CN1CCN(CCCN(C)C(=O)c2ccc(OCC(F)(F)F)nc2)CC1. The van der Waals surface area contributed by atoms with Crippen molar-refractivity contribution in [2.75, 3.05) is 60.0 Å². The van der Waals surface area contributed by atoms with Crippen molar-refractivity contribution in [2.24, 2.45) is 0 Å². The van der Waals surface area contributed by atoms with E-state index in [1.165, 1.54) is 18.3 Å². The first kappa shape index (κ1) is 20.4. The average Bonchev–Trinajstić information content (AvgIpc) is 2.61. The number of hydrogen-bond acceptors (Lipinski definition) is 5. The van der Waals surface area contributed by atoms with Crippen molar-refractivity contribution in [3.8, 4) is 5.88 Å². The van der Waals surface area contributed by atoms with E-state index in [-0.39, 0.29) is 11.8 Å². The summed E-state index contributed by atoms with van der Waals surface area (Å²) in [6, 6.07) is 2.70. The van der Waals surface area contributed by atoms with Gasteiger partial charge in [0.15, 0.2) is 6.61 Å². The molecule has 1 aliphatic heterocycles. The maximum absolute atomic E-state index is 12.3. The number of rotatable bonds is 7. The number of pyridine rings is 1. The molecule has 26 heavy (non-hydrogen) atoms. The quantitative estimate of drug-likeness (QED) is 0.728. The van der Waals surface area contributed by atoms with Gasteiger partial charge in [-0.2, -0.15) is 13.2 Å². The van der Waals surface area contributed by atoms with Gasteiger partial charge in [-0.3, -0.25) is 4.79 Å². The minimum Gasteiger partial charge on any atom is -0.468 e. The van der Waals surface area contributed by atoms with E-state index < -0.39 is 12.8 Å². The van der Waals surface area contributed by atoms with Gasteiger partial charge in [-0.25, -0.2) is 4.98 Å². The van der Waals surface area contributed by atoms with Gasteiger partial charge in [0.1, 0.15) is 0 Å². The highest BCUT2D eigenvalue weighted by Crippen LogP contribution is 2.17. The zero-order chi connectivity index (χ0) is 19.2. The minimum atomic E-state index is -4.42. The third-order valence-corrected chi connectivity index (χ3v) is 4.28. The lowest BCUT2D eigenvalue weighted by Crippen LogP contribution is -2.45. The zero-order valence-corrected chi connectivity index (χ0v) is 15.1. The molecule has 0 unspecified atom stereocenters. The highest BCUT2D eigenvalue weighted by Gasteiger charge is 2.28. The van der Waals surface area contributed by atoms with Crippen molar-refractivity contribution in [3.05, 3.63) is 23.9 Å². The van der Waals surface area contributed by atoms with Gasteiger partial charge in [0.25, 0.3) is 5.91 Å². The van der Waals surface area contributed by atoms with E-state index in [4.69, 9.17) is 0 Å². The smallest absolute Gasteiger partial charge is 0.422 e. The van der Waals surface area contributed by atoms with E-state index in [1.54, 1.807) is 11.9 Å². The fourth-order valence-corrected chi connectivity index (χ4v) is 2.67. The van der Waals surface area contributed by atoms with E-state index in [2.05, 4.69) is 26.6 Å². The molecule has 0 atom stereocenters. The second-order valence-electron chi connectivity index (χ2n) is 6.51. The van der Waals surface area contributed by atoms with E-state index in [9.17, 15) is 18.0 Å². The standard InChI is InChI=1S/C17H25F3N4O2/c1-22-8-10-24(11-9-22)7-3-6-23(2)16(25)14-4-5-15(21-12-14)26-13-17(18,19)20/h4-5,12H,3,6-11,13H2,1-2H3. The second-order valence-corrected chi connectivity index (χ2v) is 6.51. The summed E-state index contributed by atoms with van der Waals surface area (Å²) in [6.45, 7) is 4.34. The Kier molecular flexibility index (Phi) is 7.22. The van der Waals surface area contributed by atoms with Crippen LogP contribution in [0.2, 0.25) is 0 Å². The Hall–Kier alpha value is -1.87. The zero-order valence-electron chi connectivity index (χ0n) is 15.1. The maximum atomic E-state index is 12.3. The topological polar surface area (TPSA) is 48.9 Å². The molecule has 1 aromatic rings. The van der Waals surface area contributed by atoms with Gasteiger partial charge in [-0.15, -0.1) is 0 Å². The first-order chi connectivity index (χ1) is 12.2. The van der Waals surface area contributed by atoms with Crippen molar-refractivity contribution in [1.82, 2.24) is 19.7 Å². The van der Waals surface area contributed by atoms with Crippen LogP contribution in [0.25, 0.3) is 0 Å². The van der Waals surface area contributed by atoms with E-state index in [0.29, 0.717) is 12.1 Å². The summed E-state index contributed by atoms with van der Waals surface area (Å²) in [4.78, 5) is 22.4. The number of amides is 1. The molecule has 1 saturated heterocycles. The lowest BCUT2D eigenvalue weighted by atomic mass is 10.2. The van der Waals surface area contributed by atoms with Crippen molar-refractivity contribution in [3.63, 3.8) is 0 Å². The monoisotopic (exact) mass is 374 g/mol. The Morgan fingerprint density at radius 2 is 1.96 bits per heavy atom. The molecule has 1 aliphatic rings. The van der Waals surface area contributed by atoms with E-state index in [1.807, 2.05) is 0 Å². The number of piperazine rings is 1. The van der Waals surface area contributed by atoms with Crippen LogP contribution in [0.5, 0.6) is 5.88 Å². The second kappa shape index (κ2) is 9.18. The Morgan fingerprint density at radius 3 is 2.54 bits per heavy atom. The first-order valence-corrected chi connectivity index (χ1v) is 8.56. The average molecular weight is 374 g/mol. The number of hydrogen-bond donors (Lipinski definition) is 0. The summed E-state index contributed by atoms with van der Waals surface area (Å²) in [5, 5.41) is 0. The lowest BCUT2D eigenvalue weighted by molar-refractivity contribution is -0.154. The molecule has 0 radical (unpaired) electrons. The van der Waals surface area contributed by atoms with Crippen molar-refractivity contribution in [1.29, 1.82) is 0 Å². The number of carbonyl (C=O) groups is 1. The van der Waals surface area contributed by atoms with Gasteiger partial charge in [0, 0.05) is 52.0 Å². The molecule has 0 spiro atoms. The predicted octanol–water partition coefficient (Wildman–Crippen LogP) is 1.73. The molecule has 0 aliphatic carbocycles. The molecule has 1 aromatic heterocycles. The van der Waals surface area contributed by atoms with Gasteiger partial charge in [0.2, 0.25) is 5.88 Å². The molecule has 1 fully saturated rings. The highest BCUT2D eigenvalue weighted by atomic mass is 19.4. The molecule has 0 N–H and O–H groups in total. The van der Waals surface area contributed by atoms with E-state index in [0.717, 1.165) is 39.1 Å². The molecule has 146 valence electrons. The van der Waals surface area contributed by atoms with Crippen LogP contribution in [0, 0.1) is 0 Å². The van der Waals surface area contributed by atoms with Crippen LogP contribution in [0.3, 0.4) is 0 Å². The van der Waals surface area contributed by atoms with Crippen LogP contribution < -0.4 is 4.74 Å². The van der Waals surface area contributed by atoms with Crippen LogP contribution in [-0.4, -0.2) is 91.7 Å². The van der Waals surface area contributed by atoms with E-state index >= 15 is 0 Å². The summed E-state index contributed by atoms with van der Waals surface area (Å²) < 4.78 is 40.9. The van der Waals surface area contributed by atoms with Crippen molar-refractivity contribution in [2.45, 2.75) is 12.6 Å². The van der Waals surface area contributed by atoms with Crippen molar-refractivity contribution < 1.29 is 22.7 Å². The Balaban J connectivity index is 1.75. The molecule has 2 rings (SSSR count). The number of alkyl halides is 3. The Bertz CT molecular complexity index is 572. The number of ether oxygens (including phenoxy) is 1. The normalized spacial score (nSPS) is 16.5. The summed E-state index contributed by atoms with van der Waals surface area (Å²) in [6.07, 6.45) is -2.31. The van der Waals surface area contributed by atoms with Crippen molar-refractivity contribution >= 4 is 5.91 Å². The van der Waals surface area contributed by atoms with Gasteiger partial charge in [0.05, 0.1) is 5.56 Å². The molecule has 0 saturated carbocycles. The predicted molar refractivity (Wildman–Crippen MR) is 91.3 cm³/mol. The van der Waals surface area contributed by atoms with Crippen LogP contribution in [0.1, 0.15) is 16.8 Å². The summed E-state index contributed by atoms with van der Waals surface area (Å²) >= 11 is 0. The number of halogens is 3. The molecular formula is C17H25F3N4O2.